The maximum absolute atomic E-state index is 12.8. The molecule has 1 amide bonds. The predicted octanol–water partition coefficient (Wildman–Crippen LogP) is 3.25. The lowest BCUT2D eigenvalue weighted by atomic mass is 9.73. The lowest BCUT2D eigenvalue weighted by Crippen LogP contribution is -2.48. The van der Waals surface area contributed by atoms with Gasteiger partial charge in [0.2, 0.25) is 5.91 Å². The molecule has 9 heteroatoms. The van der Waals surface area contributed by atoms with Crippen molar-refractivity contribution >= 4 is 28.1 Å². The molecule has 36 heavy (non-hydrogen) atoms. The van der Waals surface area contributed by atoms with E-state index in [0.717, 1.165) is 4.88 Å². The zero-order chi connectivity index (χ0) is 25.5. The Morgan fingerprint density at radius 3 is 2.81 bits per heavy atom. The highest BCUT2D eigenvalue weighted by molar-refractivity contribution is 7.10. The van der Waals surface area contributed by atoms with Gasteiger partial charge in [-0.25, -0.2) is 5.48 Å². The number of nitrogens with zero attached hydrogens (tertiary/aromatic N) is 2. The molecule has 3 heterocycles. The summed E-state index contributed by atoms with van der Waals surface area (Å²) in [5.74, 6) is 6.55. The van der Waals surface area contributed by atoms with E-state index in [4.69, 9.17) is 4.74 Å². The average molecular weight is 510 g/mol. The Morgan fingerprint density at radius 1 is 1.33 bits per heavy atom. The van der Waals surface area contributed by atoms with Crippen LogP contribution < -0.4 is 10.2 Å². The lowest BCUT2D eigenvalue weighted by molar-refractivity contribution is -0.143. The first-order chi connectivity index (χ1) is 17.5. The highest BCUT2D eigenvalue weighted by Gasteiger charge is 2.41. The van der Waals surface area contributed by atoms with Crippen LogP contribution in [0.25, 0.3) is 10.9 Å². The van der Waals surface area contributed by atoms with Gasteiger partial charge in [0.05, 0.1) is 42.2 Å². The average Bonchev–Trinajstić information content (AvgIpc) is 3.44. The molecule has 0 bridgehead atoms. The first kappa shape index (κ1) is 26.1. The number of carbonyl (C=O) groups excluding carboxylic acids is 1. The van der Waals surface area contributed by atoms with Gasteiger partial charge in [-0.2, -0.15) is 0 Å². The smallest absolute Gasteiger partial charge is 0.249 e. The number of hydrogen-bond acceptors (Lipinski definition) is 8. The molecule has 190 valence electrons. The molecule has 1 saturated heterocycles. The SMILES string of the molecule is COc1ccc2ncc(CO)c(C(O)CCC3(C(=O)NO)CCN(CC#Cc4cccs4)CC3)c2c1. The number of hydroxylamine groups is 1. The van der Waals surface area contributed by atoms with Gasteiger partial charge in [-0.3, -0.25) is 19.9 Å². The second-order valence-corrected chi connectivity index (χ2v) is 10.0. The van der Waals surface area contributed by atoms with Gasteiger partial charge in [-0.05, 0) is 60.9 Å². The molecule has 0 saturated carbocycles. The maximum Gasteiger partial charge on any atom is 0.249 e. The van der Waals surface area contributed by atoms with Crippen LogP contribution >= 0.6 is 11.3 Å². The number of likely N-dealkylation sites (tertiary alicyclic amines) is 1. The normalized spacial score (nSPS) is 16.2. The van der Waals surface area contributed by atoms with Gasteiger partial charge in [0.1, 0.15) is 5.75 Å². The van der Waals surface area contributed by atoms with E-state index in [9.17, 15) is 20.2 Å². The molecule has 1 fully saturated rings. The van der Waals surface area contributed by atoms with Crippen molar-refractivity contribution in [3.05, 3.63) is 57.9 Å². The van der Waals surface area contributed by atoms with E-state index in [-0.39, 0.29) is 13.0 Å². The molecule has 0 spiro atoms. The molecule has 8 nitrogen and oxygen atoms in total. The van der Waals surface area contributed by atoms with E-state index >= 15 is 0 Å². The number of hydrogen-bond donors (Lipinski definition) is 4. The Balaban J connectivity index is 1.48. The largest absolute Gasteiger partial charge is 0.497 e. The number of aliphatic hydroxyl groups is 2. The fourth-order valence-electron chi connectivity index (χ4n) is 4.87. The third-order valence-electron chi connectivity index (χ3n) is 7.03. The molecule has 1 aliphatic heterocycles. The molecule has 1 atom stereocenters. The van der Waals surface area contributed by atoms with Crippen molar-refractivity contribution in [1.29, 1.82) is 0 Å². The number of carbonyl (C=O) groups is 1. The Hall–Kier alpha value is -3.00. The van der Waals surface area contributed by atoms with E-state index in [1.807, 2.05) is 29.1 Å². The second kappa shape index (κ2) is 11.8. The van der Waals surface area contributed by atoms with Crippen LogP contribution in [0.4, 0.5) is 0 Å². The Bertz CT molecular complexity index is 1240. The molecular formula is C27H31N3O5S. The number of benzene rings is 1. The van der Waals surface area contributed by atoms with Gasteiger partial charge in [-0.15, -0.1) is 11.3 Å². The Morgan fingerprint density at radius 2 is 2.14 bits per heavy atom. The van der Waals surface area contributed by atoms with Crippen LogP contribution in [0, 0.1) is 17.3 Å². The zero-order valence-electron chi connectivity index (χ0n) is 20.2. The van der Waals surface area contributed by atoms with Gasteiger partial charge in [0.15, 0.2) is 0 Å². The number of pyridine rings is 1. The van der Waals surface area contributed by atoms with Crippen molar-refractivity contribution in [2.75, 3.05) is 26.7 Å². The zero-order valence-corrected chi connectivity index (χ0v) is 21.1. The van der Waals surface area contributed by atoms with Crippen molar-refractivity contribution in [1.82, 2.24) is 15.4 Å². The quantitative estimate of drug-likeness (QED) is 0.209. The third-order valence-corrected chi connectivity index (χ3v) is 7.82. The van der Waals surface area contributed by atoms with E-state index in [0.29, 0.717) is 66.7 Å². The first-order valence-electron chi connectivity index (χ1n) is 11.9. The monoisotopic (exact) mass is 509 g/mol. The van der Waals surface area contributed by atoms with Gasteiger partial charge < -0.3 is 14.9 Å². The predicted molar refractivity (Wildman–Crippen MR) is 138 cm³/mol. The van der Waals surface area contributed by atoms with Crippen LogP contribution in [0.15, 0.2) is 41.9 Å². The highest BCUT2D eigenvalue weighted by Crippen LogP contribution is 2.40. The summed E-state index contributed by atoms with van der Waals surface area (Å²) < 4.78 is 5.34. The molecule has 3 aromatic rings. The third kappa shape index (κ3) is 5.69. The number of methoxy groups -OCH3 is 1. The van der Waals surface area contributed by atoms with Crippen molar-refractivity contribution < 1.29 is 25.0 Å². The number of nitrogens with one attached hydrogen (secondary N) is 1. The van der Waals surface area contributed by atoms with E-state index in [1.54, 1.807) is 36.8 Å². The minimum atomic E-state index is -0.928. The van der Waals surface area contributed by atoms with E-state index < -0.39 is 17.4 Å². The summed E-state index contributed by atoms with van der Waals surface area (Å²) >= 11 is 1.61. The Labute approximate surface area is 214 Å². The summed E-state index contributed by atoms with van der Waals surface area (Å²) in [6, 6.07) is 9.36. The number of amides is 1. The first-order valence-corrected chi connectivity index (χ1v) is 12.8. The van der Waals surface area contributed by atoms with Gasteiger partial charge in [0, 0.05) is 30.2 Å². The number of rotatable bonds is 8. The van der Waals surface area contributed by atoms with Crippen LogP contribution in [0.5, 0.6) is 5.75 Å². The van der Waals surface area contributed by atoms with Crippen molar-refractivity contribution in [3.8, 4) is 17.6 Å². The molecular weight excluding hydrogens is 478 g/mol. The number of fused-ring (bicyclic) bond motifs is 1. The van der Waals surface area contributed by atoms with Crippen LogP contribution in [-0.2, 0) is 11.4 Å². The second-order valence-electron chi connectivity index (χ2n) is 9.07. The maximum atomic E-state index is 12.8. The minimum absolute atomic E-state index is 0.268. The standard InChI is InChI=1S/C27H31N3O5S/c1-35-20-6-7-23-22(16-20)25(19(18-31)17-28-23)24(32)8-9-27(26(33)29-34)10-13-30(14-11-27)12-2-4-21-5-3-15-36-21/h3,5-7,15-17,24,31-32,34H,8-14,18H2,1H3,(H,29,33). The minimum Gasteiger partial charge on any atom is -0.497 e. The molecule has 1 unspecified atom stereocenters. The number of thiophene rings is 1. The number of aromatic nitrogens is 1. The van der Waals surface area contributed by atoms with Crippen molar-refractivity contribution in [2.24, 2.45) is 5.41 Å². The molecule has 0 aliphatic carbocycles. The lowest BCUT2D eigenvalue weighted by Gasteiger charge is -2.40. The molecule has 4 rings (SSSR count). The highest BCUT2D eigenvalue weighted by atomic mass is 32.1. The topological polar surface area (TPSA) is 115 Å². The summed E-state index contributed by atoms with van der Waals surface area (Å²) in [4.78, 5) is 20.4. The fourth-order valence-corrected chi connectivity index (χ4v) is 5.47. The van der Waals surface area contributed by atoms with E-state index in [1.165, 1.54) is 0 Å². The van der Waals surface area contributed by atoms with Crippen LogP contribution in [0.3, 0.4) is 0 Å². The molecule has 1 aliphatic rings. The fraction of sp³-hybridized carbons (Fsp3) is 0.407. The summed E-state index contributed by atoms with van der Waals surface area (Å²) in [6.07, 6.45) is 2.40. The number of aliphatic hydroxyl groups excluding tert-OH is 2. The van der Waals surface area contributed by atoms with Gasteiger partial charge >= 0.3 is 0 Å². The van der Waals surface area contributed by atoms with Crippen LogP contribution in [0.2, 0.25) is 0 Å². The van der Waals surface area contributed by atoms with Crippen molar-refractivity contribution in [3.63, 3.8) is 0 Å². The summed E-state index contributed by atoms with van der Waals surface area (Å²) in [6.45, 7) is 1.68. The van der Waals surface area contributed by atoms with Crippen LogP contribution in [-0.4, -0.2) is 58.0 Å². The number of piperidine rings is 1. The van der Waals surface area contributed by atoms with Gasteiger partial charge in [0.25, 0.3) is 0 Å². The van der Waals surface area contributed by atoms with Crippen molar-refractivity contribution in [2.45, 2.75) is 38.4 Å². The molecule has 1 aromatic carbocycles. The van der Waals surface area contributed by atoms with E-state index in [2.05, 4.69) is 21.7 Å². The molecule has 0 radical (unpaired) electrons. The molecule has 2 aromatic heterocycles. The molecule has 4 N–H and O–H groups in total. The summed E-state index contributed by atoms with van der Waals surface area (Å²) in [7, 11) is 1.57. The van der Waals surface area contributed by atoms with Crippen LogP contribution in [0.1, 0.15) is 47.8 Å². The summed E-state index contributed by atoms with van der Waals surface area (Å²) in [5, 5.41) is 33.3. The van der Waals surface area contributed by atoms with Gasteiger partial charge in [-0.1, -0.05) is 17.9 Å². The summed E-state index contributed by atoms with van der Waals surface area (Å²) in [5.41, 5.74) is 2.85. The Kier molecular flexibility index (Phi) is 8.56. The number of ether oxygens (including phenoxy) is 1.